The second-order valence-corrected chi connectivity index (χ2v) is 7.04. The predicted molar refractivity (Wildman–Crippen MR) is 79.0 cm³/mol. The molecule has 0 radical (unpaired) electrons. The maximum atomic E-state index is 12.8. The number of amides is 3. The molecule has 8 heteroatoms. The molecule has 4 rings (SSSR count). The lowest BCUT2D eigenvalue weighted by Gasteiger charge is -2.34. The van der Waals surface area contributed by atoms with Crippen molar-refractivity contribution in [3.05, 3.63) is 11.7 Å². The van der Waals surface area contributed by atoms with Crippen LogP contribution in [-0.2, 0) is 10.3 Å². The first kappa shape index (κ1) is 14.6. The largest absolute Gasteiger partial charge is 0.337 e. The first-order valence-corrected chi connectivity index (χ1v) is 8.24. The second-order valence-electron chi connectivity index (χ2n) is 7.04. The molecule has 1 aromatic heterocycles. The molecule has 2 heterocycles. The second kappa shape index (κ2) is 4.77. The van der Waals surface area contributed by atoms with E-state index >= 15 is 0 Å². The standard InChI is InChI=1S/C15H21N5O3/c1-9(10-17-11(19-23-10)14(16)5-4-6-14)20-12(21)15(18-13(20)22)7-2-3-8-15/h9H,2-8,16H2,1H3,(H,18,22). The summed E-state index contributed by atoms with van der Waals surface area (Å²) in [4.78, 5) is 30.6. The molecule has 124 valence electrons. The van der Waals surface area contributed by atoms with Gasteiger partial charge in [0.1, 0.15) is 11.6 Å². The van der Waals surface area contributed by atoms with Crippen LogP contribution in [0.1, 0.15) is 69.6 Å². The molecule has 1 spiro atoms. The highest BCUT2D eigenvalue weighted by Crippen LogP contribution is 2.40. The van der Waals surface area contributed by atoms with Crippen LogP contribution in [0.25, 0.3) is 0 Å². The van der Waals surface area contributed by atoms with Crippen LogP contribution >= 0.6 is 0 Å². The van der Waals surface area contributed by atoms with Crippen LogP contribution in [0.5, 0.6) is 0 Å². The molecule has 2 saturated carbocycles. The van der Waals surface area contributed by atoms with Gasteiger partial charge in [-0.2, -0.15) is 4.98 Å². The number of hydrogen-bond donors (Lipinski definition) is 2. The Labute approximate surface area is 133 Å². The van der Waals surface area contributed by atoms with E-state index in [0.717, 1.165) is 32.1 Å². The molecule has 1 saturated heterocycles. The average Bonchev–Trinajstić information content (AvgIpc) is 3.18. The lowest BCUT2D eigenvalue weighted by atomic mass is 9.77. The summed E-state index contributed by atoms with van der Waals surface area (Å²) in [7, 11) is 0. The molecule has 23 heavy (non-hydrogen) atoms. The van der Waals surface area contributed by atoms with Crippen LogP contribution in [-0.4, -0.2) is 32.5 Å². The van der Waals surface area contributed by atoms with Crippen molar-refractivity contribution in [1.82, 2.24) is 20.4 Å². The smallest absolute Gasteiger partial charge is 0.325 e. The summed E-state index contributed by atoms with van der Waals surface area (Å²) in [5.41, 5.74) is 4.95. The van der Waals surface area contributed by atoms with Gasteiger partial charge in [0, 0.05) is 0 Å². The summed E-state index contributed by atoms with van der Waals surface area (Å²) in [6.07, 6.45) is 6.00. The summed E-state index contributed by atoms with van der Waals surface area (Å²) in [5.74, 6) is 0.543. The Morgan fingerprint density at radius 1 is 1.22 bits per heavy atom. The minimum Gasteiger partial charge on any atom is -0.337 e. The molecule has 1 unspecified atom stereocenters. The minimum absolute atomic E-state index is 0.182. The SMILES string of the molecule is CC(c1nc(C2(N)CCC2)no1)N1C(=O)NC2(CCCC2)C1=O. The van der Waals surface area contributed by atoms with Crippen LogP contribution in [0.4, 0.5) is 4.79 Å². The minimum atomic E-state index is -0.725. The Hall–Kier alpha value is -1.96. The van der Waals surface area contributed by atoms with E-state index in [1.165, 1.54) is 4.90 Å². The van der Waals surface area contributed by atoms with Crippen molar-refractivity contribution in [3.63, 3.8) is 0 Å². The van der Waals surface area contributed by atoms with Crippen LogP contribution in [0.2, 0.25) is 0 Å². The van der Waals surface area contributed by atoms with Crippen molar-refractivity contribution >= 4 is 11.9 Å². The van der Waals surface area contributed by atoms with E-state index in [2.05, 4.69) is 15.5 Å². The van der Waals surface area contributed by atoms with E-state index in [4.69, 9.17) is 10.3 Å². The van der Waals surface area contributed by atoms with Gasteiger partial charge in [-0.25, -0.2) is 9.69 Å². The highest BCUT2D eigenvalue weighted by Gasteiger charge is 2.54. The molecular weight excluding hydrogens is 298 g/mol. The van der Waals surface area contributed by atoms with Gasteiger partial charge in [-0.1, -0.05) is 18.0 Å². The zero-order chi connectivity index (χ0) is 16.2. The highest BCUT2D eigenvalue weighted by molar-refractivity contribution is 6.07. The number of imide groups is 1. The molecule has 1 aromatic rings. The first-order chi connectivity index (χ1) is 11.0. The van der Waals surface area contributed by atoms with Gasteiger partial charge >= 0.3 is 6.03 Å². The fourth-order valence-electron chi connectivity index (χ4n) is 3.81. The molecule has 1 aliphatic heterocycles. The van der Waals surface area contributed by atoms with Crippen molar-refractivity contribution in [2.75, 3.05) is 0 Å². The van der Waals surface area contributed by atoms with Crippen LogP contribution in [0, 0.1) is 0 Å². The summed E-state index contributed by atoms with van der Waals surface area (Å²) < 4.78 is 5.29. The maximum absolute atomic E-state index is 12.8. The summed E-state index contributed by atoms with van der Waals surface area (Å²) in [6.45, 7) is 1.73. The third kappa shape index (κ3) is 2.00. The van der Waals surface area contributed by atoms with Gasteiger partial charge in [-0.15, -0.1) is 0 Å². The fraction of sp³-hybridized carbons (Fsp3) is 0.733. The van der Waals surface area contributed by atoms with E-state index in [0.29, 0.717) is 18.7 Å². The zero-order valence-electron chi connectivity index (χ0n) is 13.2. The summed E-state index contributed by atoms with van der Waals surface area (Å²) >= 11 is 0. The van der Waals surface area contributed by atoms with E-state index in [1.54, 1.807) is 6.92 Å². The molecule has 3 fully saturated rings. The summed E-state index contributed by atoms with van der Waals surface area (Å²) in [5, 5.41) is 6.82. The van der Waals surface area contributed by atoms with Crippen molar-refractivity contribution in [3.8, 4) is 0 Å². The number of nitrogens with two attached hydrogens (primary N) is 1. The molecule has 3 N–H and O–H groups in total. The number of urea groups is 1. The molecular formula is C15H21N5O3. The van der Waals surface area contributed by atoms with E-state index < -0.39 is 17.1 Å². The van der Waals surface area contributed by atoms with Crippen molar-refractivity contribution in [2.24, 2.45) is 5.73 Å². The molecule has 3 aliphatic rings. The van der Waals surface area contributed by atoms with Gasteiger partial charge < -0.3 is 15.6 Å². The van der Waals surface area contributed by atoms with Crippen molar-refractivity contribution in [1.29, 1.82) is 0 Å². The van der Waals surface area contributed by atoms with E-state index in [9.17, 15) is 9.59 Å². The van der Waals surface area contributed by atoms with Crippen LogP contribution < -0.4 is 11.1 Å². The average molecular weight is 319 g/mol. The van der Waals surface area contributed by atoms with Gasteiger partial charge in [-0.3, -0.25) is 4.79 Å². The normalized spacial score (nSPS) is 26.4. The van der Waals surface area contributed by atoms with Gasteiger partial charge in [0.15, 0.2) is 5.82 Å². The van der Waals surface area contributed by atoms with Crippen LogP contribution in [0.15, 0.2) is 4.52 Å². The van der Waals surface area contributed by atoms with Crippen LogP contribution in [0.3, 0.4) is 0 Å². The third-order valence-corrected chi connectivity index (χ3v) is 5.53. The quantitative estimate of drug-likeness (QED) is 0.812. The Balaban J connectivity index is 1.58. The van der Waals surface area contributed by atoms with E-state index in [1.807, 2.05) is 0 Å². The predicted octanol–water partition coefficient (Wildman–Crippen LogP) is 1.33. The molecule has 2 aliphatic carbocycles. The topological polar surface area (TPSA) is 114 Å². The fourth-order valence-corrected chi connectivity index (χ4v) is 3.81. The monoisotopic (exact) mass is 319 g/mol. The van der Waals surface area contributed by atoms with Crippen molar-refractivity contribution < 1.29 is 14.1 Å². The molecule has 1 atom stereocenters. The third-order valence-electron chi connectivity index (χ3n) is 5.53. The van der Waals surface area contributed by atoms with E-state index in [-0.39, 0.29) is 17.8 Å². The van der Waals surface area contributed by atoms with Crippen molar-refractivity contribution in [2.45, 2.75) is 69.0 Å². The molecule has 3 amide bonds. The lowest BCUT2D eigenvalue weighted by molar-refractivity contribution is -0.132. The number of carbonyl (C=O) groups is 2. The Kier molecular flexibility index (Phi) is 3.03. The highest BCUT2D eigenvalue weighted by atomic mass is 16.5. The number of nitrogens with one attached hydrogen (secondary N) is 1. The first-order valence-electron chi connectivity index (χ1n) is 8.24. The number of hydrogen-bond acceptors (Lipinski definition) is 6. The zero-order valence-corrected chi connectivity index (χ0v) is 13.2. The number of carbonyl (C=O) groups excluding carboxylic acids is 2. The molecule has 8 nitrogen and oxygen atoms in total. The van der Waals surface area contributed by atoms with Gasteiger partial charge in [0.05, 0.1) is 5.54 Å². The lowest BCUT2D eigenvalue weighted by Crippen LogP contribution is -2.44. The Morgan fingerprint density at radius 2 is 1.91 bits per heavy atom. The Bertz CT molecular complexity index is 660. The van der Waals surface area contributed by atoms with Gasteiger partial charge in [0.25, 0.3) is 5.91 Å². The number of nitrogens with zero attached hydrogens (tertiary/aromatic N) is 3. The van der Waals surface area contributed by atoms with Gasteiger partial charge in [0.2, 0.25) is 5.89 Å². The number of rotatable bonds is 3. The van der Waals surface area contributed by atoms with Gasteiger partial charge in [-0.05, 0) is 39.0 Å². The molecule has 0 aromatic carbocycles. The summed E-state index contributed by atoms with van der Waals surface area (Å²) in [6, 6.07) is -0.970. The number of aromatic nitrogens is 2. The maximum Gasteiger partial charge on any atom is 0.325 e. The Morgan fingerprint density at radius 3 is 2.52 bits per heavy atom. The molecule has 0 bridgehead atoms.